The number of rotatable bonds is 5. The molecule has 150 valence electrons. The Labute approximate surface area is 134 Å². The van der Waals surface area contributed by atoms with Gasteiger partial charge in [-0.25, -0.2) is 4.39 Å². The topological polar surface area (TPSA) is 0 Å². The molecule has 0 amide bonds. The van der Waals surface area contributed by atoms with E-state index < -0.39 is 47.2 Å². The lowest BCUT2D eigenvalue weighted by atomic mass is 9.90. The zero-order valence-electron chi connectivity index (χ0n) is 11.6. The average molecular weight is 414 g/mol. The fourth-order valence-electron chi connectivity index (χ4n) is 1.61. The minimum atomic E-state index is -7.95. The van der Waals surface area contributed by atoms with Gasteiger partial charge in [-0.1, -0.05) is 0 Å². The van der Waals surface area contributed by atoms with Crippen LogP contribution in [0, 0.1) is 5.82 Å². The van der Waals surface area contributed by atoms with Gasteiger partial charge in [-0.05, 0) is 24.3 Å². The van der Waals surface area contributed by atoms with Crippen molar-refractivity contribution >= 4 is 0 Å². The van der Waals surface area contributed by atoms with Crippen LogP contribution in [0.5, 0.6) is 0 Å². The maximum atomic E-state index is 13.6. The van der Waals surface area contributed by atoms with Crippen LogP contribution in [0.1, 0.15) is 5.56 Å². The zero-order valence-corrected chi connectivity index (χ0v) is 11.6. The molecule has 0 aliphatic heterocycles. The molecule has 1 aromatic rings. The molecule has 0 heterocycles. The van der Waals surface area contributed by atoms with Crippen molar-refractivity contribution in [3.05, 3.63) is 35.6 Å². The highest BCUT2D eigenvalue weighted by Gasteiger charge is 2.90. The fraction of sp³-hybridized carbons (Fsp3) is 0.500. The summed E-state index contributed by atoms with van der Waals surface area (Å²) in [5.74, 6) is -38.7. The second-order valence-electron chi connectivity index (χ2n) is 4.88. The Morgan fingerprint density at radius 3 is 1.15 bits per heavy atom. The van der Waals surface area contributed by atoms with Crippen LogP contribution in [0.2, 0.25) is 0 Å². The van der Waals surface area contributed by atoms with Crippen LogP contribution in [-0.2, 0) is 5.92 Å². The summed E-state index contributed by atoms with van der Waals surface area (Å²) < 4.78 is 180. The minimum Gasteiger partial charge on any atom is -0.207 e. The van der Waals surface area contributed by atoms with Crippen LogP contribution in [-0.4, -0.2) is 29.9 Å². The molecule has 0 atom stereocenters. The molecule has 1 rings (SSSR count). The predicted octanol–water partition coefficient (Wildman–Crippen LogP) is 6.02. The summed E-state index contributed by atoms with van der Waals surface area (Å²) in [7, 11) is 0. The smallest absolute Gasteiger partial charge is 0.207 e. The van der Waals surface area contributed by atoms with E-state index in [2.05, 4.69) is 0 Å². The molecule has 0 bridgehead atoms. The van der Waals surface area contributed by atoms with Gasteiger partial charge in [0.25, 0.3) is 0 Å². The van der Waals surface area contributed by atoms with E-state index in [4.69, 9.17) is 0 Å². The maximum absolute atomic E-state index is 13.6. The van der Waals surface area contributed by atoms with Crippen molar-refractivity contribution in [1.82, 2.24) is 0 Å². The number of hydrogen-bond donors (Lipinski definition) is 0. The number of benzene rings is 1. The van der Waals surface area contributed by atoms with Crippen LogP contribution in [0.3, 0.4) is 0 Å². The zero-order chi connectivity index (χ0) is 21.0. The molecule has 26 heavy (non-hydrogen) atoms. The van der Waals surface area contributed by atoms with E-state index in [1.54, 1.807) is 0 Å². The first kappa shape index (κ1) is 22.3. The molecular formula is C12H4F14. The monoisotopic (exact) mass is 414 g/mol. The summed E-state index contributed by atoms with van der Waals surface area (Å²) >= 11 is 0. The molecule has 0 unspecified atom stereocenters. The van der Waals surface area contributed by atoms with E-state index in [0.29, 0.717) is 0 Å². The highest BCUT2D eigenvalue weighted by atomic mass is 19.4. The summed E-state index contributed by atoms with van der Waals surface area (Å²) in [4.78, 5) is 0. The van der Waals surface area contributed by atoms with Crippen molar-refractivity contribution < 1.29 is 61.5 Å². The van der Waals surface area contributed by atoms with Crippen molar-refractivity contribution in [2.24, 2.45) is 0 Å². The normalized spacial score (nSPS) is 15.3. The summed E-state index contributed by atoms with van der Waals surface area (Å²) in [5, 5.41) is 0. The quantitative estimate of drug-likeness (QED) is 0.517. The molecule has 14 heteroatoms. The van der Waals surface area contributed by atoms with E-state index in [1.807, 2.05) is 0 Å². The molecule has 0 aromatic heterocycles. The van der Waals surface area contributed by atoms with E-state index >= 15 is 0 Å². The Kier molecular flexibility index (Phi) is 5.03. The van der Waals surface area contributed by atoms with Gasteiger partial charge in [0, 0.05) is 5.56 Å². The van der Waals surface area contributed by atoms with Crippen LogP contribution in [0.4, 0.5) is 61.5 Å². The lowest BCUT2D eigenvalue weighted by Crippen LogP contribution is -2.69. The van der Waals surface area contributed by atoms with Crippen molar-refractivity contribution in [3.63, 3.8) is 0 Å². The van der Waals surface area contributed by atoms with Gasteiger partial charge >= 0.3 is 35.8 Å². The van der Waals surface area contributed by atoms with Crippen molar-refractivity contribution in [3.8, 4) is 0 Å². The van der Waals surface area contributed by atoms with E-state index in [0.717, 1.165) is 0 Å². The molecule has 0 saturated heterocycles. The molecule has 0 radical (unpaired) electrons. The van der Waals surface area contributed by atoms with Gasteiger partial charge in [-0.15, -0.1) is 0 Å². The Balaban J connectivity index is 3.55. The van der Waals surface area contributed by atoms with Crippen molar-refractivity contribution in [2.75, 3.05) is 0 Å². The highest BCUT2D eigenvalue weighted by molar-refractivity contribution is 5.26. The molecule has 1 aromatic carbocycles. The Morgan fingerprint density at radius 1 is 0.462 bits per heavy atom. The second kappa shape index (κ2) is 5.87. The Hall–Kier alpha value is -1.76. The minimum absolute atomic E-state index is 0.0138. The van der Waals surface area contributed by atoms with Crippen molar-refractivity contribution in [2.45, 2.75) is 35.8 Å². The summed E-state index contributed by atoms with van der Waals surface area (Å²) in [6, 6.07) is -0.501. The molecule has 0 saturated carbocycles. The highest BCUT2D eigenvalue weighted by Crippen LogP contribution is 2.61. The summed E-state index contributed by atoms with van der Waals surface area (Å²) in [6.45, 7) is 0. The van der Waals surface area contributed by atoms with E-state index in [-0.39, 0.29) is 24.3 Å². The van der Waals surface area contributed by atoms with Crippen LogP contribution >= 0.6 is 0 Å². The Morgan fingerprint density at radius 2 is 0.808 bits per heavy atom. The van der Waals surface area contributed by atoms with Gasteiger partial charge in [0.2, 0.25) is 0 Å². The molecule has 0 nitrogen and oxygen atoms in total. The van der Waals surface area contributed by atoms with Crippen LogP contribution in [0.15, 0.2) is 24.3 Å². The third kappa shape index (κ3) is 2.86. The number of hydrogen-bond acceptors (Lipinski definition) is 0. The lowest BCUT2D eigenvalue weighted by Gasteiger charge is -2.39. The van der Waals surface area contributed by atoms with Crippen LogP contribution < -0.4 is 0 Å². The van der Waals surface area contributed by atoms with Gasteiger partial charge in [0.05, 0.1) is 0 Å². The number of alkyl halides is 13. The van der Waals surface area contributed by atoms with Gasteiger partial charge in [0.1, 0.15) is 5.82 Å². The summed E-state index contributed by atoms with van der Waals surface area (Å²) in [6.07, 6.45) is -7.46. The summed E-state index contributed by atoms with van der Waals surface area (Å²) in [5.41, 5.74) is -2.23. The fourth-order valence-corrected chi connectivity index (χ4v) is 1.61. The Bertz CT molecular complexity index is 639. The number of halogens is 14. The molecule has 0 aliphatic rings. The molecule has 0 fully saturated rings. The maximum Gasteiger partial charge on any atom is 0.460 e. The molecule has 0 aliphatic carbocycles. The first-order chi connectivity index (χ1) is 11.2. The van der Waals surface area contributed by atoms with Gasteiger partial charge < -0.3 is 0 Å². The molecule has 0 spiro atoms. The molecular weight excluding hydrogens is 410 g/mol. The standard InChI is InChI=1S/C12H4F14/c13-6-3-1-5(2-4-6)7(14,15)8(16,17)9(18,19)10(20,21)11(22,23)12(24,25)26/h1-4H. The second-order valence-corrected chi connectivity index (χ2v) is 4.88. The largest absolute Gasteiger partial charge is 0.460 e. The van der Waals surface area contributed by atoms with Crippen LogP contribution in [0.25, 0.3) is 0 Å². The molecule has 0 N–H and O–H groups in total. The van der Waals surface area contributed by atoms with Gasteiger partial charge in [0.15, 0.2) is 0 Å². The predicted molar refractivity (Wildman–Crippen MR) is 56.1 cm³/mol. The van der Waals surface area contributed by atoms with Gasteiger partial charge in [-0.2, -0.15) is 57.1 Å². The van der Waals surface area contributed by atoms with Gasteiger partial charge in [-0.3, -0.25) is 0 Å². The lowest BCUT2D eigenvalue weighted by molar-refractivity contribution is -0.441. The van der Waals surface area contributed by atoms with Crippen molar-refractivity contribution in [1.29, 1.82) is 0 Å². The third-order valence-corrected chi connectivity index (χ3v) is 3.14. The van der Waals surface area contributed by atoms with E-state index in [9.17, 15) is 61.5 Å². The third-order valence-electron chi connectivity index (χ3n) is 3.14. The first-order valence-corrected chi connectivity index (χ1v) is 5.97. The SMILES string of the molecule is Fc1ccc(C(F)(F)C(F)(F)C(F)(F)C(F)(F)C(F)(F)C(F)(F)F)cc1. The average Bonchev–Trinajstić information content (AvgIpc) is 2.45. The van der Waals surface area contributed by atoms with E-state index in [1.165, 1.54) is 0 Å². The first-order valence-electron chi connectivity index (χ1n) is 5.97.